The minimum atomic E-state index is 0.576. The summed E-state index contributed by atoms with van der Waals surface area (Å²) >= 11 is 1.85. The number of thioether (sulfide) groups is 1. The maximum absolute atomic E-state index is 4.15. The van der Waals surface area contributed by atoms with Gasteiger partial charge in [-0.25, -0.2) is 4.68 Å². The summed E-state index contributed by atoms with van der Waals surface area (Å²) in [5.74, 6) is 0. The largest absolute Gasteiger partial charge is 0.316 e. The third kappa shape index (κ3) is 1.96. The van der Waals surface area contributed by atoms with Crippen molar-refractivity contribution in [3.8, 4) is 0 Å². The number of nitrogens with zero attached hydrogens (tertiary/aromatic N) is 4. The lowest BCUT2D eigenvalue weighted by Gasteiger charge is -2.17. The molecule has 2 fully saturated rings. The second-order valence-corrected chi connectivity index (χ2v) is 5.83. The summed E-state index contributed by atoms with van der Waals surface area (Å²) in [6, 6.07) is 1.20. The van der Waals surface area contributed by atoms with E-state index in [1.165, 1.54) is 32.1 Å². The van der Waals surface area contributed by atoms with Gasteiger partial charge in [0.15, 0.2) is 0 Å². The molecule has 2 aliphatic rings. The minimum Gasteiger partial charge on any atom is -0.316 e. The van der Waals surface area contributed by atoms with Crippen molar-refractivity contribution in [2.24, 2.45) is 0 Å². The van der Waals surface area contributed by atoms with Crippen molar-refractivity contribution in [3.63, 3.8) is 0 Å². The molecular formula is C10H17N5S. The smallest absolute Gasteiger partial charge is 0.209 e. The maximum atomic E-state index is 4.15. The van der Waals surface area contributed by atoms with Crippen LogP contribution in [-0.4, -0.2) is 38.5 Å². The van der Waals surface area contributed by atoms with Crippen LogP contribution in [0.5, 0.6) is 0 Å². The average molecular weight is 239 g/mol. The van der Waals surface area contributed by atoms with E-state index in [2.05, 4.69) is 20.8 Å². The van der Waals surface area contributed by atoms with Gasteiger partial charge in [0.25, 0.3) is 0 Å². The van der Waals surface area contributed by atoms with E-state index in [0.717, 1.165) is 5.16 Å². The average Bonchev–Trinajstić information content (AvgIpc) is 2.88. The normalized spacial score (nSPS) is 29.8. The van der Waals surface area contributed by atoms with Crippen LogP contribution in [0.25, 0.3) is 0 Å². The Morgan fingerprint density at radius 1 is 1.31 bits per heavy atom. The Labute approximate surface area is 99.4 Å². The van der Waals surface area contributed by atoms with Gasteiger partial charge in [-0.1, -0.05) is 18.2 Å². The van der Waals surface area contributed by atoms with Crippen LogP contribution in [-0.2, 0) is 0 Å². The highest BCUT2D eigenvalue weighted by molar-refractivity contribution is 7.99. The Balaban J connectivity index is 1.70. The molecule has 3 rings (SSSR count). The molecule has 0 aromatic carbocycles. The molecule has 0 saturated heterocycles. The van der Waals surface area contributed by atoms with E-state index < -0.39 is 0 Å². The fourth-order valence-corrected chi connectivity index (χ4v) is 3.71. The van der Waals surface area contributed by atoms with Crippen molar-refractivity contribution in [1.29, 1.82) is 0 Å². The number of tetrazole rings is 1. The Morgan fingerprint density at radius 2 is 2.19 bits per heavy atom. The molecule has 2 saturated carbocycles. The second kappa shape index (κ2) is 4.33. The third-order valence-corrected chi connectivity index (χ3v) is 4.78. The topological polar surface area (TPSA) is 55.6 Å². The van der Waals surface area contributed by atoms with E-state index in [1.807, 2.05) is 23.5 Å². The van der Waals surface area contributed by atoms with Gasteiger partial charge < -0.3 is 5.32 Å². The molecule has 0 amide bonds. The van der Waals surface area contributed by atoms with E-state index in [9.17, 15) is 0 Å². The molecule has 5 nitrogen and oxygen atoms in total. The third-order valence-electron chi connectivity index (χ3n) is 3.44. The van der Waals surface area contributed by atoms with Crippen LogP contribution in [0.15, 0.2) is 5.16 Å². The van der Waals surface area contributed by atoms with Crippen molar-refractivity contribution >= 4 is 11.8 Å². The summed E-state index contributed by atoms with van der Waals surface area (Å²) in [7, 11) is 2.05. The zero-order valence-corrected chi connectivity index (χ0v) is 10.3. The molecule has 2 atom stereocenters. The summed E-state index contributed by atoms with van der Waals surface area (Å²) in [5, 5.41) is 17.1. The van der Waals surface area contributed by atoms with Gasteiger partial charge in [-0.2, -0.15) is 0 Å². The number of hydrogen-bond donors (Lipinski definition) is 1. The van der Waals surface area contributed by atoms with E-state index in [4.69, 9.17) is 0 Å². The zero-order valence-electron chi connectivity index (χ0n) is 9.46. The summed E-state index contributed by atoms with van der Waals surface area (Å²) < 4.78 is 2.01. The standard InChI is InChI=1S/C10H17N5S/c1-11-8-3-2-4-9(8)16-10-12-13-14-15(10)7-5-6-7/h7-9,11H,2-6H2,1H3. The van der Waals surface area contributed by atoms with Gasteiger partial charge >= 0.3 is 0 Å². The predicted molar refractivity (Wildman–Crippen MR) is 62.4 cm³/mol. The minimum absolute atomic E-state index is 0.576. The molecule has 1 aromatic rings. The first-order valence-corrected chi connectivity index (χ1v) is 6.88. The Hall–Kier alpha value is -0.620. The molecule has 16 heavy (non-hydrogen) atoms. The van der Waals surface area contributed by atoms with Crippen molar-refractivity contribution in [1.82, 2.24) is 25.5 Å². The van der Waals surface area contributed by atoms with Gasteiger partial charge in [0.05, 0.1) is 6.04 Å². The predicted octanol–water partition coefficient (Wildman–Crippen LogP) is 1.24. The van der Waals surface area contributed by atoms with Crippen molar-refractivity contribution in [2.45, 2.75) is 54.6 Å². The van der Waals surface area contributed by atoms with Crippen LogP contribution in [0.3, 0.4) is 0 Å². The van der Waals surface area contributed by atoms with Gasteiger partial charge in [-0.05, 0) is 43.2 Å². The molecule has 0 radical (unpaired) electrons. The highest BCUT2D eigenvalue weighted by atomic mass is 32.2. The summed E-state index contributed by atoms with van der Waals surface area (Å²) in [5.41, 5.74) is 0. The Bertz CT molecular complexity index is 362. The molecule has 1 N–H and O–H groups in total. The van der Waals surface area contributed by atoms with E-state index in [0.29, 0.717) is 17.3 Å². The lowest BCUT2D eigenvalue weighted by Crippen LogP contribution is -2.30. The Morgan fingerprint density at radius 3 is 2.94 bits per heavy atom. The van der Waals surface area contributed by atoms with E-state index in [1.54, 1.807) is 0 Å². The van der Waals surface area contributed by atoms with Gasteiger partial charge in [0, 0.05) is 11.3 Å². The highest BCUT2D eigenvalue weighted by Gasteiger charge is 2.32. The van der Waals surface area contributed by atoms with Crippen molar-refractivity contribution in [3.05, 3.63) is 0 Å². The van der Waals surface area contributed by atoms with Gasteiger partial charge in [-0.3, -0.25) is 0 Å². The quantitative estimate of drug-likeness (QED) is 0.856. The molecular weight excluding hydrogens is 222 g/mol. The molecule has 2 unspecified atom stereocenters. The summed E-state index contributed by atoms with van der Waals surface area (Å²) in [4.78, 5) is 0. The molecule has 88 valence electrons. The monoisotopic (exact) mass is 239 g/mol. The number of nitrogens with one attached hydrogen (secondary N) is 1. The number of hydrogen-bond acceptors (Lipinski definition) is 5. The highest BCUT2D eigenvalue weighted by Crippen LogP contribution is 2.39. The SMILES string of the molecule is CNC1CCCC1Sc1nnnn1C1CC1. The molecule has 6 heteroatoms. The first-order valence-electron chi connectivity index (χ1n) is 6.00. The molecule has 0 aliphatic heterocycles. The van der Waals surface area contributed by atoms with Crippen LogP contribution in [0.4, 0.5) is 0 Å². The lowest BCUT2D eigenvalue weighted by molar-refractivity contribution is 0.559. The van der Waals surface area contributed by atoms with Crippen LogP contribution >= 0.6 is 11.8 Å². The molecule has 1 heterocycles. The first kappa shape index (κ1) is 10.5. The molecule has 1 aromatic heterocycles. The first-order chi connectivity index (χ1) is 7.88. The van der Waals surface area contributed by atoms with Gasteiger partial charge in [0.1, 0.15) is 0 Å². The van der Waals surface area contributed by atoms with Crippen LogP contribution in [0, 0.1) is 0 Å². The maximum Gasteiger partial charge on any atom is 0.209 e. The molecule has 2 aliphatic carbocycles. The zero-order chi connectivity index (χ0) is 11.0. The molecule has 0 spiro atoms. The van der Waals surface area contributed by atoms with Crippen LogP contribution in [0.1, 0.15) is 38.1 Å². The Kier molecular flexibility index (Phi) is 2.85. The van der Waals surface area contributed by atoms with Gasteiger partial charge in [-0.15, -0.1) is 5.10 Å². The fraction of sp³-hybridized carbons (Fsp3) is 0.900. The van der Waals surface area contributed by atoms with Crippen LogP contribution < -0.4 is 5.32 Å². The van der Waals surface area contributed by atoms with Crippen molar-refractivity contribution < 1.29 is 0 Å². The fourth-order valence-electron chi connectivity index (χ4n) is 2.34. The van der Waals surface area contributed by atoms with E-state index >= 15 is 0 Å². The summed E-state index contributed by atoms with van der Waals surface area (Å²) in [6.45, 7) is 0. The number of rotatable bonds is 4. The number of aromatic nitrogens is 4. The van der Waals surface area contributed by atoms with E-state index in [-0.39, 0.29) is 0 Å². The van der Waals surface area contributed by atoms with Gasteiger partial charge in [0.2, 0.25) is 5.16 Å². The van der Waals surface area contributed by atoms with Crippen molar-refractivity contribution in [2.75, 3.05) is 7.05 Å². The van der Waals surface area contributed by atoms with Crippen LogP contribution in [0.2, 0.25) is 0 Å². The molecule has 0 bridgehead atoms. The lowest BCUT2D eigenvalue weighted by atomic mass is 10.2. The summed E-state index contributed by atoms with van der Waals surface area (Å²) in [6.07, 6.45) is 6.33. The second-order valence-electron chi connectivity index (χ2n) is 4.62.